The van der Waals surface area contributed by atoms with E-state index in [1.807, 2.05) is 6.07 Å². The number of nitrogens with zero attached hydrogens (tertiary/aromatic N) is 1. The van der Waals surface area contributed by atoms with Crippen molar-refractivity contribution in [3.63, 3.8) is 0 Å². The van der Waals surface area contributed by atoms with E-state index in [0.29, 0.717) is 23.7 Å². The summed E-state index contributed by atoms with van der Waals surface area (Å²) in [6, 6.07) is 2.03. The molecule has 148 valence electrons. The summed E-state index contributed by atoms with van der Waals surface area (Å²) >= 11 is 0. The van der Waals surface area contributed by atoms with Crippen molar-refractivity contribution in [2.75, 3.05) is 19.9 Å². The minimum atomic E-state index is -0.380. The van der Waals surface area contributed by atoms with Gasteiger partial charge in [0.05, 0.1) is 5.54 Å². The van der Waals surface area contributed by atoms with Gasteiger partial charge in [-0.25, -0.2) is 0 Å². The van der Waals surface area contributed by atoms with E-state index < -0.39 is 0 Å². The fourth-order valence-corrected chi connectivity index (χ4v) is 5.32. The average molecular weight is 385 g/mol. The summed E-state index contributed by atoms with van der Waals surface area (Å²) in [6.07, 6.45) is 5.25. The van der Waals surface area contributed by atoms with E-state index in [1.54, 1.807) is 0 Å². The van der Waals surface area contributed by atoms with Gasteiger partial charge in [0.2, 0.25) is 12.5 Å². The highest BCUT2D eigenvalue weighted by Crippen LogP contribution is 2.57. The first-order chi connectivity index (χ1) is 13.5. The van der Waals surface area contributed by atoms with Crippen molar-refractivity contribution in [3.8, 4) is 17.2 Å². The van der Waals surface area contributed by atoms with Crippen molar-refractivity contribution in [2.45, 2.75) is 51.2 Å². The SMILES string of the molecule is CC(=O)Oc1c2c(cc3c1OCO3)[C@]13C[C@@H](OC(C)=O)CC=C1CCN3CC2. The molecule has 1 aromatic rings. The Morgan fingerprint density at radius 3 is 2.79 bits per heavy atom. The van der Waals surface area contributed by atoms with Crippen LogP contribution in [0.4, 0.5) is 0 Å². The number of fused-ring (bicyclic) bond motifs is 2. The van der Waals surface area contributed by atoms with Crippen molar-refractivity contribution in [3.05, 3.63) is 28.8 Å². The summed E-state index contributed by atoms with van der Waals surface area (Å²) in [7, 11) is 0. The van der Waals surface area contributed by atoms with Gasteiger partial charge in [0.1, 0.15) is 6.10 Å². The molecule has 0 bridgehead atoms. The first-order valence-electron chi connectivity index (χ1n) is 9.75. The van der Waals surface area contributed by atoms with E-state index in [9.17, 15) is 9.59 Å². The van der Waals surface area contributed by atoms with Gasteiger partial charge < -0.3 is 18.9 Å². The first kappa shape index (κ1) is 17.6. The molecular weight excluding hydrogens is 362 g/mol. The molecule has 7 heteroatoms. The average Bonchev–Trinajstić information content (AvgIpc) is 3.24. The Balaban J connectivity index is 1.69. The molecule has 5 rings (SSSR count). The Bertz CT molecular complexity index is 907. The van der Waals surface area contributed by atoms with Gasteiger partial charge in [0.25, 0.3) is 0 Å². The third-order valence-corrected chi connectivity index (χ3v) is 6.25. The molecule has 1 aliphatic carbocycles. The summed E-state index contributed by atoms with van der Waals surface area (Å²) in [4.78, 5) is 25.8. The second kappa shape index (κ2) is 6.24. The third-order valence-electron chi connectivity index (χ3n) is 6.25. The number of esters is 2. The Morgan fingerprint density at radius 2 is 2.00 bits per heavy atom. The van der Waals surface area contributed by atoms with Gasteiger partial charge >= 0.3 is 11.9 Å². The first-order valence-corrected chi connectivity index (χ1v) is 9.75. The lowest BCUT2D eigenvalue weighted by atomic mass is 9.70. The maximum Gasteiger partial charge on any atom is 0.308 e. The van der Waals surface area contributed by atoms with Gasteiger partial charge in [0, 0.05) is 45.3 Å². The maximum absolute atomic E-state index is 11.8. The normalized spacial score (nSPS) is 27.4. The van der Waals surface area contributed by atoms with Crippen LogP contribution < -0.4 is 14.2 Å². The highest BCUT2D eigenvalue weighted by atomic mass is 16.7. The number of carbonyl (C=O) groups is 2. The van der Waals surface area contributed by atoms with E-state index >= 15 is 0 Å². The standard InChI is InChI=1S/C21H23NO6/c1-12(23)27-15-4-3-14-5-7-22-8-6-16-17(21(14,22)10-15)9-18-20(26-11-25-18)19(16)28-13(2)24/h3,9,15H,4-8,10-11H2,1-2H3/t15-,21-/m0/s1. The van der Waals surface area contributed by atoms with Gasteiger partial charge in [0.15, 0.2) is 11.5 Å². The minimum absolute atomic E-state index is 0.113. The number of benzene rings is 1. The van der Waals surface area contributed by atoms with Crippen LogP contribution in [0.25, 0.3) is 0 Å². The smallest absolute Gasteiger partial charge is 0.308 e. The molecule has 0 aromatic heterocycles. The largest absolute Gasteiger partial charge is 0.462 e. The number of hydrogen-bond acceptors (Lipinski definition) is 7. The molecule has 0 saturated carbocycles. The number of rotatable bonds is 2. The van der Waals surface area contributed by atoms with Crippen LogP contribution in [0.2, 0.25) is 0 Å². The molecular formula is C21H23NO6. The fourth-order valence-electron chi connectivity index (χ4n) is 5.32. The van der Waals surface area contributed by atoms with Crippen molar-refractivity contribution >= 4 is 11.9 Å². The maximum atomic E-state index is 11.8. The van der Waals surface area contributed by atoms with Gasteiger partial charge in [-0.3, -0.25) is 14.5 Å². The fraction of sp³-hybridized carbons (Fsp3) is 0.524. The predicted octanol–water partition coefficient (Wildman–Crippen LogP) is 2.45. The minimum Gasteiger partial charge on any atom is -0.462 e. The van der Waals surface area contributed by atoms with E-state index in [2.05, 4.69) is 11.0 Å². The van der Waals surface area contributed by atoms with Gasteiger partial charge in [-0.1, -0.05) is 6.08 Å². The second-order valence-corrected chi connectivity index (χ2v) is 7.81. The van der Waals surface area contributed by atoms with Crippen molar-refractivity contribution in [2.24, 2.45) is 0 Å². The van der Waals surface area contributed by atoms with Crippen LogP contribution in [-0.2, 0) is 26.3 Å². The molecule has 2 atom stereocenters. The Hall–Kier alpha value is -2.54. The summed E-state index contributed by atoms with van der Waals surface area (Å²) < 4.78 is 22.5. The zero-order chi connectivity index (χ0) is 19.5. The van der Waals surface area contributed by atoms with E-state index in [-0.39, 0.29) is 30.4 Å². The molecule has 1 aromatic carbocycles. The Morgan fingerprint density at radius 1 is 1.18 bits per heavy atom. The quantitative estimate of drug-likeness (QED) is 0.440. The van der Waals surface area contributed by atoms with E-state index in [0.717, 1.165) is 43.5 Å². The monoisotopic (exact) mass is 385 g/mol. The number of carbonyl (C=O) groups excluding carboxylic acids is 2. The Kier molecular flexibility index (Phi) is 3.91. The molecule has 1 fully saturated rings. The summed E-state index contributed by atoms with van der Waals surface area (Å²) in [5.74, 6) is 0.953. The molecule has 0 radical (unpaired) electrons. The van der Waals surface area contributed by atoms with Crippen LogP contribution in [-0.4, -0.2) is 42.8 Å². The summed E-state index contributed by atoms with van der Waals surface area (Å²) in [5.41, 5.74) is 3.08. The highest BCUT2D eigenvalue weighted by Gasteiger charge is 2.53. The lowest BCUT2D eigenvalue weighted by Crippen LogP contribution is -2.50. The van der Waals surface area contributed by atoms with Crippen molar-refractivity contribution < 1.29 is 28.5 Å². The van der Waals surface area contributed by atoms with Crippen LogP contribution in [0.1, 0.15) is 44.2 Å². The molecule has 28 heavy (non-hydrogen) atoms. The Labute approximate surface area is 163 Å². The molecule has 1 saturated heterocycles. The lowest BCUT2D eigenvalue weighted by molar-refractivity contribution is -0.148. The van der Waals surface area contributed by atoms with Crippen molar-refractivity contribution in [1.29, 1.82) is 0 Å². The molecule has 3 aliphatic heterocycles. The molecule has 3 heterocycles. The number of hydrogen-bond donors (Lipinski definition) is 0. The summed E-state index contributed by atoms with van der Waals surface area (Å²) in [6.45, 7) is 4.78. The zero-order valence-electron chi connectivity index (χ0n) is 16.1. The molecule has 0 amide bonds. The molecule has 0 unspecified atom stereocenters. The van der Waals surface area contributed by atoms with Gasteiger partial charge in [-0.15, -0.1) is 0 Å². The lowest BCUT2D eigenvalue weighted by Gasteiger charge is -2.48. The van der Waals surface area contributed by atoms with E-state index in [4.69, 9.17) is 18.9 Å². The van der Waals surface area contributed by atoms with Crippen LogP contribution in [0.3, 0.4) is 0 Å². The van der Waals surface area contributed by atoms with Crippen LogP contribution in [0.5, 0.6) is 17.2 Å². The van der Waals surface area contributed by atoms with Crippen LogP contribution in [0, 0.1) is 0 Å². The molecule has 4 aliphatic rings. The van der Waals surface area contributed by atoms with E-state index in [1.165, 1.54) is 19.4 Å². The van der Waals surface area contributed by atoms with Crippen LogP contribution >= 0.6 is 0 Å². The predicted molar refractivity (Wildman–Crippen MR) is 98.3 cm³/mol. The number of ether oxygens (including phenoxy) is 4. The molecule has 1 spiro atoms. The zero-order valence-corrected chi connectivity index (χ0v) is 16.1. The summed E-state index contributed by atoms with van der Waals surface area (Å²) in [5, 5.41) is 0. The third kappa shape index (κ3) is 2.45. The topological polar surface area (TPSA) is 74.3 Å². The van der Waals surface area contributed by atoms with Crippen molar-refractivity contribution in [1.82, 2.24) is 4.90 Å². The van der Waals surface area contributed by atoms with Gasteiger partial charge in [-0.05, 0) is 30.0 Å². The van der Waals surface area contributed by atoms with Crippen LogP contribution in [0.15, 0.2) is 17.7 Å². The highest BCUT2D eigenvalue weighted by molar-refractivity contribution is 5.74. The second-order valence-electron chi connectivity index (χ2n) is 7.81. The molecule has 7 nitrogen and oxygen atoms in total. The van der Waals surface area contributed by atoms with Gasteiger partial charge in [-0.2, -0.15) is 0 Å². The molecule has 0 N–H and O–H groups in total.